The number of fused-ring (bicyclic) bond motifs is 2. The first-order chi connectivity index (χ1) is 20.3. The smallest absolute Gasteiger partial charge is 0.291 e. The molecule has 0 bridgehead atoms. The molecule has 10 heteroatoms. The summed E-state index contributed by atoms with van der Waals surface area (Å²) in [5, 5.41) is 12.9. The number of aldehydes is 1. The van der Waals surface area contributed by atoms with Gasteiger partial charge in [-0.3, -0.25) is 14.5 Å². The van der Waals surface area contributed by atoms with Crippen LogP contribution in [0.4, 0.5) is 5.69 Å². The third-order valence-corrected chi connectivity index (χ3v) is 8.26. The number of halogens is 1. The Bertz CT molecular complexity index is 1930. The number of nitrogens with one attached hydrogen (secondary N) is 1. The Kier molecular flexibility index (Phi) is 7.11. The summed E-state index contributed by atoms with van der Waals surface area (Å²) in [5.74, 6) is 0.349. The predicted molar refractivity (Wildman–Crippen MR) is 161 cm³/mol. The summed E-state index contributed by atoms with van der Waals surface area (Å²) in [4.78, 5) is 36.2. The summed E-state index contributed by atoms with van der Waals surface area (Å²) in [7, 11) is 1.88. The molecule has 0 fully saturated rings. The topological polar surface area (TPSA) is 117 Å². The zero-order valence-corrected chi connectivity index (χ0v) is 24.1. The minimum Gasteiger partial charge on any atom is -0.435 e. The maximum Gasteiger partial charge on any atom is 0.291 e. The van der Waals surface area contributed by atoms with Gasteiger partial charge in [-0.05, 0) is 48.9 Å². The third-order valence-electron chi connectivity index (χ3n) is 7.86. The van der Waals surface area contributed by atoms with Gasteiger partial charge in [-0.1, -0.05) is 42.8 Å². The summed E-state index contributed by atoms with van der Waals surface area (Å²) in [6.07, 6.45) is 1.53. The van der Waals surface area contributed by atoms with Crippen molar-refractivity contribution in [3.8, 4) is 28.7 Å². The number of aromatic nitrogens is 3. The SMILES string of the molecule is CCN1CCc2c(nc(C(=O)Nc3cccc(-c4cccc(-c5nc6cc(C=O)cc(C#N)c6o5)c4C)c3Cl)n2C)C1. The van der Waals surface area contributed by atoms with Gasteiger partial charge in [-0.15, -0.1) is 0 Å². The van der Waals surface area contributed by atoms with Crippen molar-refractivity contribution in [1.29, 1.82) is 5.26 Å². The first-order valence-corrected chi connectivity index (χ1v) is 14.0. The van der Waals surface area contributed by atoms with Gasteiger partial charge in [0.1, 0.15) is 17.9 Å². The molecule has 42 heavy (non-hydrogen) atoms. The van der Waals surface area contributed by atoms with Gasteiger partial charge in [0.25, 0.3) is 5.91 Å². The number of nitrogens with zero attached hydrogens (tertiary/aromatic N) is 5. The lowest BCUT2D eigenvalue weighted by Crippen LogP contribution is -2.30. The monoisotopic (exact) mass is 578 g/mol. The molecule has 6 rings (SSSR count). The number of anilines is 1. The van der Waals surface area contributed by atoms with Crippen LogP contribution in [-0.4, -0.2) is 44.7 Å². The summed E-state index contributed by atoms with van der Waals surface area (Å²) in [6.45, 7) is 6.67. The summed E-state index contributed by atoms with van der Waals surface area (Å²) >= 11 is 6.90. The zero-order chi connectivity index (χ0) is 29.5. The average Bonchev–Trinajstić information content (AvgIpc) is 3.58. The standard InChI is InChI=1S/C32H27ClN6O3/c1-4-39-12-11-27-26(16-39)35-30(38(27)3)31(41)36-24-10-6-9-23(28(24)33)21-7-5-8-22(18(21)2)32-37-25-14-19(17-40)13-20(15-34)29(25)42-32/h5-10,13-14,17H,4,11-12,16H2,1-3H3,(H,36,41). The molecule has 3 heterocycles. The highest BCUT2D eigenvalue weighted by Gasteiger charge is 2.25. The third kappa shape index (κ3) is 4.65. The molecule has 9 nitrogen and oxygen atoms in total. The Labute approximate surface area is 247 Å². The minimum atomic E-state index is -0.325. The second-order valence-corrected chi connectivity index (χ2v) is 10.6. The van der Waals surface area contributed by atoms with E-state index in [4.69, 9.17) is 16.0 Å². The molecule has 1 aliphatic rings. The Morgan fingerprint density at radius 1 is 1.17 bits per heavy atom. The first kappa shape index (κ1) is 27.4. The molecule has 2 aromatic heterocycles. The van der Waals surface area contributed by atoms with E-state index in [-0.39, 0.29) is 11.5 Å². The number of rotatable bonds is 6. The zero-order valence-electron chi connectivity index (χ0n) is 23.4. The van der Waals surface area contributed by atoms with Gasteiger partial charge >= 0.3 is 0 Å². The number of likely N-dealkylation sites (N-methyl/N-ethyl adjacent to an activating group) is 1. The van der Waals surface area contributed by atoms with Crippen molar-refractivity contribution in [1.82, 2.24) is 19.4 Å². The molecule has 1 N–H and O–H groups in total. The van der Waals surface area contributed by atoms with E-state index in [1.54, 1.807) is 12.1 Å². The summed E-state index contributed by atoms with van der Waals surface area (Å²) in [5.41, 5.74) is 6.95. The molecule has 5 aromatic rings. The van der Waals surface area contributed by atoms with Gasteiger partial charge in [0.15, 0.2) is 11.4 Å². The van der Waals surface area contributed by atoms with Crippen LogP contribution in [0.15, 0.2) is 52.9 Å². The van der Waals surface area contributed by atoms with E-state index < -0.39 is 0 Å². The van der Waals surface area contributed by atoms with Crippen LogP contribution in [0.2, 0.25) is 5.02 Å². The molecule has 1 aliphatic heterocycles. The van der Waals surface area contributed by atoms with Crippen LogP contribution in [0.1, 0.15) is 50.4 Å². The van der Waals surface area contributed by atoms with Gasteiger partial charge in [0, 0.05) is 48.9 Å². The molecular weight excluding hydrogens is 552 g/mol. The van der Waals surface area contributed by atoms with Crippen LogP contribution in [0.25, 0.3) is 33.7 Å². The van der Waals surface area contributed by atoms with E-state index in [1.807, 2.05) is 48.9 Å². The molecule has 210 valence electrons. The van der Waals surface area contributed by atoms with E-state index in [2.05, 4.69) is 33.2 Å². The minimum absolute atomic E-state index is 0.241. The maximum atomic E-state index is 13.4. The molecule has 0 radical (unpaired) electrons. The van der Waals surface area contributed by atoms with E-state index in [9.17, 15) is 14.9 Å². The number of amides is 1. The molecule has 0 spiro atoms. The van der Waals surface area contributed by atoms with Crippen molar-refractivity contribution >= 4 is 40.6 Å². The van der Waals surface area contributed by atoms with Gasteiger partial charge < -0.3 is 14.3 Å². The number of benzene rings is 3. The predicted octanol–water partition coefficient (Wildman–Crippen LogP) is 6.17. The van der Waals surface area contributed by atoms with Crippen molar-refractivity contribution < 1.29 is 14.0 Å². The summed E-state index contributed by atoms with van der Waals surface area (Å²) in [6, 6.07) is 16.3. The molecule has 0 aliphatic carbocycles. The quantitative estimate of drug-likeness (QED) is 0.239. The highest BCUT2D eigenvalue weighted by Crippen LogP contribution is 2.39. The van der Waals surface area contributed by atoms with Crippen molar-refractivity contribution in [2.75, 3.05) is 18.4 Å². The van der Waals surface area contributed by atoms with Crippen LogP contribution >= 0.6 is 11.6 Å². The van der Waals surface area contributed by atoms with Crippen molar-refractivity contribution in [2.24, 2.45) is 7.05 Å². The Hall–Kier alpha value is -4.78. The lowest BCUT2D eigenvalue weighted by Gasteiger charge is -2.24. The molecule has 3 aromatic carbocycles. The van der Waals surface area contributed by atoms with Crippen LogP contribution in [0.3, 0.4) is 0 Å². The number of oxazole rings is 1. The van der Waals surface area contributed by atoms with Gasteiger partial charge in [0.2, 0.25) is 5.89 Å². The van der Waals surface area contributed by atoms with Crippen molar-refractivity contribution in [3.63, 3.8) is 0 Å². The van der Waals surface area contributed by atoms with Gasteiger partial charge in [-0.25, -0.2) is 9.97 Å². The summed E-state index contributed by atoms with van der Waals surface area (Å²) < 4.78 is 7.88. The fourth-order valence-electron chi connectivity index (χ4n) is 5.55. The largest absolute Gasteiger partial charge is 0.435 e. The lowest BCUT2D eigenvalue weighted by molar-refractivity contribution is 0.101. The van der Waals surface area contributed by atoms with E-state index in [0.717, 1.165) is 54.1 Å². The van der Waals surface area contributed by atoms with Crippen LogP contribution in [0, 0.1) is 18.3 Å². The van der Waals surface area contributed by atoms with Crippen LogP contribution < -0.4 is 5.32 Å². The Morgan fingerprint density at radius 3 is 2.69 bits per heavy atom. The molecule has 0 atom stereocenters. The van der Waals surface area contributed by atoms with E-state index >= 15 is 0 Å². The maximum absolute atomic E-state index is 13.4. The van der Waals surface area contributed by atoms with Crippen LogP contribution in [0.5, 0.6) is 0 Å². The second kappa shape index (κ2) is 10.9. The first-order valence-electron chi connectivity index (χ1n) is 13.6. The van der Waals surface area contributed by atoms with Crippen LogP contribution in [-0.2, 0) is 20.0 Å². The molecule has 0 unspecified atom stereocenters. The number of carbonyl (C=O) groups excluding carboxylic acids is 2. The number of hydrogen-bond acceptors (Lipinski definition) is 7. The molecular formula is C32H27ClN6O3. The van der Waals surface area contributed by atoms with Crippen molar-refractivity contribution in [2.45, 2.75) is 26.8 Å². The van der Waals surface area contributed by atoms with Gasteiger partial charge in [-0.2, -0.15) is 5.26 Å². The fourth-order valence-corrected chi connectivity index (χ4v) is 5.82. The number of nitriles is 1. The van der Waals surface area contributed by atoms with E-state index in [1.165, 1.54) is 6.07 Å². The van der Waals surface area contributed by atoms with Gasteiger partial charge in [0.05, 0.1) is 22.0 Å². The lowest BCUT2D eigenvalue weighted by atomic mass is 9.96. The second-order valence-electron chi connectivity index (χ2n) is 10.3. The Morgan fingerprint density at radius 2 is 1.93 bits per heavy atom. The average molecular weight is 579 g/mol. The number of hydrogen-bond donors (Lipinski definition) is 1. The van der Waals surface area contributed by atoms with Crippen molar-refractivity contribution in [3.05, 3.63) is 87.5 Å². The molecule has 0 saturated heterocycles. The Balaban J connectivity index is 1.34. The molecule has 1 amide bonds. The number of imidazole rings is 1. The fraction of sp³-hybridized carbons (Fsp3) is 0.219. The molecule has 0 saturated carbocycles. The normalized spacial score (nSPS) is 13.1. The highest BCUT2D eigenvalue weighted by atomic mass is 35.5. The number of carbonyl (C=O) groups is 2. The highest BCUT2D eigenvalue weighted by molar-refractivity contribution is 6.36. The van der Waals surface area contributed by atoms with E-state index in [0.29, 0.717) is 50.9 Å².